The smallest absolute Gasteiger partial charge is 0.142 e. The monoisotopic (exact) mass is 290 g/mol. The first kappa shape index (κ1) is 16.4. The van der Waals surface area contributed by atoms with Crippen molar-refractivity contribution in [1.29, 1.82) is 0 Å². The highest BCUT2D eigenvalue weighted by atomic mass is 15.2. The van der Waals surface area contributed by atoms with Gasteiger partial charge in [-0.25, -0.2) is 9.97 Å². The van der Waals surface area contributed by atoms with Crippen LogP contribution in [-0.2, 0) is 6.54 Å². The zero-order chi connectivity index (χ0) is 15.2. The zero-order valence-electron chi connectivity index (χ0n) is 13.9. The summed E-state index contributed by atoms with van der Waals surface area (Å²) in [5.74, 6) is 2.40. The topological polar surface area (TPSA) is 41.1 Å². The molecular weight excluding hydrogens is 260 g/mol. The summed E-state index contributed by atoms with van der Waals surface area (Å²) in [6, 6.07) is 3.07. The number of piperazine rings is 1. The fourth-order valence-electron chi connectivity index (χ4n) is 3.22. The molecule has 2 unspecified atom stereocenters. The Hall–Kier alpha value is -1.00. The second-order valence-corrected chi connectivity index (χ2v) is 7.11. The van der Waals surface area contributed by atoms with E-state index in [1.165, 1.54) is 12.8 Å². The lowest BCUT2D eigenvalue weighted by atomic mass is 9.95. The van der Waals surface area contributed by atoms with Crippen molar-refractivity contribution >= 4 is 0 Å². The number of aromatic nitrogens is 2. The molecule has 2 heterocycles. The van der Waals surface area contributed by atoms with E-state index in [1.807, 2.05) is 18.5 Å². The maximum Gasteiger partial charge on any atom is 0.142 e. The van der Waals surface area contributed by atoms with Crippen molar-refractivity contribution in [2.24, 2.45) is 11.8 Å². The molecule has 4 nitrogen and oxygen atoms in total. The predicted molar refractivity (Wildman–Crippen MR) is 86.9 cm³/mol. The van der Waals surface area contributed by atoms with Crippen molar-refractivity contribution in [3.63, 3.8) is 0 Å². The summed E-state index contributed by atoms with van der Waals surface area (Å²) in [4.78, 5) is 11.4. The average Bonchev–Trinajstić information content (AvgIpc) is 2.42. The highest BCUT2D eigenvalue weighted by molar-refractivity contribution is 4.93. The lowest BCUT2D eigenvalue weighted by molar-refractivity contribution is 0.0971. The molecule has 1 saturated heterocycles. The molecule has 1 fully saturated rings. The van der Waals surface area contributed by atoms with Crippen LogP contribution in [-0.4, -0.2) is 40.0 Å². The third-order valence-electron chi connectivity index (χ3n) is 4.08. The first-order chi connectivity index (χ1) is 10.0. The van der Waals surface area contributed by atoms with Gasteiger partial charge in [0.05, 0.1) is 6.54 Å². The SMILES string of the molecule is CC(C)CC1CN(Cc2ncccn2)C(CC(C)C)CN1. The molecule has 0 aliphatic carbocycles. The van der Waals surface area contributed by atoms with Gasteiger partial charge in [-0.1, -0.05) is 27.7 Å². The molecule has 0 aromatic carbocycles. The standard InChI is InChI=1S/C17H30N4/c1-13(2)8-15-11-21(12-17-18-6-5-7-19-17)16(10-20-15)9-14(3)4/h5-7,13-16,20H,8-12H2,1-4H3. The molecule has 0 radical (unpaired) electrons. The molecule has 0 saturated carbocycles. The Morgan fingerprint density at radius 3 is 2.43 bits per heavy atom. The fourth-order valence-corrected chi connectivity index (χ4v) is 3.22. The summed E-state index contributed by atoms with van der Waals surface area (Å²) in [5, 5.41) is 3.74. The van der Waals surface area contributed by atoms with E-state index in [1.54, 1.807) is 0 Å². The molecule has 0 spiro atoms. The van der Waals surface area contributed by atoms with E-state index < -0.39 is 0 Å². The summed E-state index contributed by atoms with van der Waals surface area (Å²) in [6.07, 6.45) is 6.15. The van der Waals surface area contributed by atoms with Gasteiger partial charge < -0.3 is 5.32 Å². The van der Waals surface area contributed by atoms with Crippen molar-refractivity contribution in [3.05, 3.63) is 24.3 Å². The molecule has 2 rings (SSSR count). The van der Waals surface area contributed by atoms with Crippen LogP contribution in [0.25, 0.3) is 0 Å². The van der Waals surface area contributed by atoms with Gasteiger partial charge in [0.2, 0.25) is 0 Å². The summed E-state index contributed by atoms with van der Waals surface area (Å²) in [7, 11) is 0. The van der Waals surface area contributed by atoms with Crippen LogP contribution in [0.15, 0.2) is 18.5 Å². The van der Waals surface area contributed by atoms with Gasteiger partial charge in [-0.05, 0) is 30.7 Å². The van der Waals surface area contributed by atoms with Crippen LogP contribution in [0.5, 0.6) is 0 Å². The van der Waals surface area contributed by atoms with E-state index in [9.17, 15) is 0 Å². The van der Waals surface area contributed by atoms with Gasteiger partial charge in [0, 0.05) is 37.6 Å². The number of nitrogens with zero attached hydrogens (tertiary/aromatic N) is 3. The Morgan fingerprint density at radius 1 is 1.14 bits per heavy atom. The van der Waals surface area contributed by atoms with E-state index >= 15 is 0 Å². The molecule has 1 aromatic rings. The molecule has 1 aliphatic heterocycles. The summed E-state index contributed by atoms with van der Waals surface area (Å²) < 4.78 is 0. The minimum Gasteiger partial charge on any atom is -0.311 e. The number of rotatable bonds is 6. The zero-order valence-corrected chi connectivity index (χ0v) is 13.9. The fraction of sp³-hybridized carbons (Fsp3) is 0.765. The van der Waals surface area contributed by atoms with Crippen LogP contribution in [0.4, 0.5) is 0 Å². The Labute approximate surface area is 129 Å². The molecule has 1 aromatic heterocycles. The minimum atomic E-state index is 0.595. The van der Waals surface area contributed by atoms with Crippen LogP contribution in [0.3, 0.4) is 0 Å². The van der Waals surface area contributed by atoms with Crippen molar-refractivity contribution in [2.75, 3.05) is 13.1 Å². The third kappa shape index (κ3) is 5.36. The summed E-state index contributed by atoms with van der Waals surface area (Å²) in [6.45, 7) is 12.3. The van der Waals surface area contributed by atoms with Gasteiger partial charge in [-0.2, -0.15) is 0 Å². The van der Waals surface area contributed by atoms with Gasteiger partial charge in [-0.3, -0.25) is 4.90 Å². The molecule has 2 atom stereocenters. The molecule has 118 valence electrons. The molecule has 1 aliphatic rings. The van der Waals surface area contributed by atoms with Crippen LogP contribution in [0.2, 0.25) is 0 Å². The van der Waals surface area contributed by atoms with E-state index in [4.69, 9.17) is 0 Å². The first-order valence-corrected chi connectivity index (χ1v) is 8.28. The van der Waals surface area contributed by atoms with Gasteiger partial charge in [0.25, 0.3) is 0 Å². The quantitative estimate of drug-likeness (QED) is 0.874. The lowest BCUT2D eigenvalue weighted by Gasteiger charge is -2.41. The Morgan fingerprint density at radius 2 is 1.81 bits per heavy atom. The number of hydrogen-bond donors (Lipinski definition) is 1. The van der Waals surface area contributed by atoms with Crippen molar-refractivity contribution in [3.8, 4) is 0 Å². The van der Waals surface area contributed by atoms with Gasteiger partial charge in [0.1, 0.15) is 5.82 Å². The van der Waals surface area contributed by atoms with Gasteiger partial charge >= 0.3 is 0 Å². The maximum absolute atomic E-state index is 4.40. The second-order valence-electron chi connectivity index (χ2n) is 7.11. The number of hydrogen-bond acceptors (Lipinski definition) is 4. The molecule has 0 bridgehead atoms. The van der Waals surface area contributed by atoms with E-state index in [0.29, 0.717) is 12.1 Å². The lowest BCUT2D eigenvalue weighted by Crippen LogP contribution is -2.56. The summed E-state index contributed by atoms with van der Waals surface area (Å²) >= 11 is 0. The molecule has 21 heavy (non-hydrogen) atoms. The molecular formula is C17H30N4. The van der Waals surface area contributed by atoms with E-state index in [-0.39, 0.29) is 0 Å². The Bertz CT molecular complexity index is 405. The van der Waals surface area contributed by atoms with Gasteiger partial charge in [-0.15, -0.1) is 0 Å². The highest BCUT2D eigenvalue weighted by Crippen LogP contribution is 2.19. The average molecular weight is 290 g/mol. The summed E-state index contributed by atoms with van der Waals surface area (Å²) in [5.41, 5.74) is 0. The van der Waals surface area contributed by atoms with Crippen molar-refractivity contribution < 1.29 is 0 Å². The third-order valence-corrected chi connectivity index (χ3v) is 4.08. The van der Waals surface area contributed by atoms with E-state index in [0.717, 1.165) is 37.3 Å². The minimum absolute atomic E-state index is 0.595. The van der Waals surface area contributed by atoms with Crippen molar-refractivity contribution in [2.45, 2.75) is 59.2 Å². The predicted octanol–water partition coefficient (Wildman–Crippen LogP) is 2.71. The van der Waals surface area contributed by atoms with Crippen LogP contribution >= 0.6 is 0 Å². The maximum atomic E-state index is 4.40. The molecule has 1 N–H and O–H groups in total. The molecule has 0 amide bonds. The molecule has 4 heteroatoms. The Kier molecular flexibility index (Phi) is 6.12. The van der Waals surface area contributed by atoms with Gasteiger partial charge in [0.15, 0.2) is 0 Å². The first-order valence-electron chi connectivity index (χ1n) is 8.28. The normalized spacial score (nSPS) is 23.9. The van der Waals surface area contributed by atoms with Crippen molar-refractivity contribution in [1.82, 2.24) is 20.2 Å². The Balaban J connectivity index is 2.01. The largest absolute Gasteiger partial charge is 0.311 e. The van der Waals surface area contributed by atoms with Crippen LogP contribution in [0.1, 0.15) is 46.4 Å². The second kappa shape index (κ2) is 7.85. The van der Waals surface area contributed by atoms with Crippen LogP contribution in [0, 0.1) is 11.8 Å². The van der Waals surface area contributed by atoms with Crippen LogP contribution < -0.4 is 5.32 Å². The highest BCUT2D eigenvalue weighted by Gasteiger charge is 2.29. The van der Waals surface area contributed by atoms with E-state index in [2.05, 4.69) is 47.9 Å². The number of nitrogens with one attached hydrogen (secondary N) is 1.